The SMILES string of the molecule is I.NC(=NCC1CCCS1(=O)=O)Nc1ccccc1. The minimum atomic E-state index is -2.95. The summed E-state index contributed by atoms with van der Waals surface area (Å²) in [5.41, 5.74) is 6.56. The molecule has 1 atom stereocenters. The Balaban J connectivity index is 0.00000180. The number of benzene rings is 1. The first-order chi connectivity index (χ1) is 8.58. The van der Waals surface area contributed by atoms with Gasteiger partial charge in [0.05, 0.1) is 17.5 Å². The van der Waals surface area contributed by atoms with Crippen LogP contribution in [-0.2, 0) is 9.84 Å². The summed E-state index contributed by atoms with van der Waals surface area (Å²) in [6.07, 6.45) is 1.42. The number of rotatable bonds is 3. The van der Waals surface area contributed by atoms with E-state index in [0.717, 1.165) is 12.1 Å². The fourth-order valence-corrected chi connectivity index (χ4v) is 3.70. The minimum absolute atomic E-state index is 0. The highest BCUT2D eigenvalue weighted by atomic mass is 127. The van der Waals surface area contributed by atoms with Crippen molar-refractivity contribution in [2.45, 2.75) is 18.1 Å². The largest absolute Gasteiger partial charge is 0.370 e. The highest BCUT2D eigenvalue weighted by Crippen LogP contribution is 2.20. The van der Waals surface area contributed by atoms with Crippen LogP contribution in [0.25, 0.3) is 0 Å². The molecule has 3 N–H and O–H groups in total. The van der Waals surface area contributed by atoms with Gasteiger partial charge in [0.1, 0.15) is 0 Å². The van der Waals surface area contributed by atoms with Gasteiger partial charge < -0.3 is 11.1 Å². The van der Waals surface area contributed by atoms with E-state index in [1.165, 1.54) is 0 Å². The molecule has 2 rings (SSSR count). The molecule has 0 saturated carbocycles. The Morgan fingerprint density at radius 2 is 2.05 bits per heavy atom. The summed E-state index contributed by atoms with van der Waals surface area (Å²) in [6, 6.07) is 9.42. The topological polar surface area (TPSA) is 84.5 Å². The molecule has 0 bridgehead atoms. The molecule has 7 heteroatoms. The number of nitrogens with one attached hydrogen (secondary N) is 1. The van der Waals surface area contributed by atoms with E-state index in [1.54, 1.807) is 0 Å². The van der Waals surface area contributed by atoms with E-state index in [1.807, 2.05) is 30.3 Å². The van der Waals surface area contributed by atoms with Crippen molar-refractivity contribution in [2.75, 3.05) is 17.6 Å². The molecule has 1 aromatic carbocycles. The normalized spacial score (nSPS) is 21.7. The standard InChI is InChI=1S/C12H17N3O2S.HI/c13-12(15-10-5-2-1-3-6-10)14-9-11-7-4-8-18(11,16)17;/h1-3,5-6,11H,4,7-9H2,(H3,13,14,15);1H. The molecule has 1 aliphatic rings. The Hall–Kier alpha value is -0.830. The summed E-state index contributed by atoms with van der Waals surface area (Å²) in [6.45, 7) is 0.244. The fraction of sp³-hybridized carbons (Fsp3) is 0.417. The van der Waals surface area contributed by atoms with Crippen LogP contribution in [0.1, 0.15) is 12.8 Å². The summed E-state index contributed by atoms with van der Waals surface area (Å²) in [5.74, 6) is 0.530. The lowest BCUT2D eigenvalue weighted by atomic mass is 10.2. The maximum absolute atomic E-state index is 11.6. The predicted octanol–water partition coefficient (Wildman–Crippen LogP) is 1.61. The molecule has 1 saturated heterocycles. The molecule has 1 fully saturated rings. The first kappa shape index (κ1) is 16.2. The molecule has 0 spiro atoms. The second kappa shape index (κ2) is 7.09. The lowest BCUT2D eigenvalue weighted by Gasteiger charge is -2.08. The van der Waals surface area contributed by atoms with Crippen molar-refractivity contribution in [2.24, 2.45) is 10.7 Å². The maximum Gasteiger partial charge on any atom is 0.193 e. The number of aliphatic imine (C=N–C) groups is 1. The molecule has 0 amide bonds. The number of anilines is 1. The first-order valence-electron chi connectivity index (χ1n) is 5.91. The van der Waals surface area contributed by atoms with Crippen molar-refractivity contribution < 1.29 is 8.42 Å². The van der Waals surface area contributed by atoms with Crippen LogP contribution in [0.2, 0.25) is 0 Å². The van der Waals surface area contributed by atoms with Gasteiger partial charge in [-0.25, -0.2) is 8.42 Å². The van der Waals surface area contributed by atoms with Crippen LogP contribution >= 0.6 is 24.0 Å². The average Bonchev–Trinajstić information content (AvgIpc) is 2.67. The van der Waals surface area contributed by atoms with Crippen LogP contribution < -0.4 is 11.1 Å². The third-order valence-electron chi connectivity index (χ3n) is 2.97. The Labute approximate surface area is 130 Å². The summed E-state index contributed by atoms with van der Waals surface area (Å²) in [4.78, 5) is 4.10. The van der Waals surface area contributed by atoms with Crippen molar-refractivity contribution in [3.8, 4) is 0 Å². The van der Waals surface area contributed by atoms with Gasteiger partial charge in [0, 0.05) is 5.69 Å². The first-order valence-corrected chi connectivity index (χ1v) is 7.63. The highest BCUT2D eigenvalue weighted by molar-refractivity contribution is 14.0. The van der Waals surface area contributed by atoms with Gasteiger partial charge in [0.25, 0.3) is 0 Å². The van der Waals surface area contributed by atoms with E-state index >= 15 is 0 Å². The molecule has 0 aromatic heterocycles. The van der Waals surface area contributed by atoms with Gasteiger partial charge in [-0.15, -0.1) is 24.0 Å². The number of nitrogens with zero attached hydrogens (tertiary/aromatic N) is 1. The number of sulfone groups is 1. The minimum Gasteiger partial charge on any atom is -0.370 e. The predicted molar refractivity (Wildman–Crippen MR) is 88.8 cm³/mol. The van der Waals surface area contributed by atoms with Gasteiger partial charge >= 0.3 is 0 Å². The van der Waals surface area contributed by atoms with E-state index < -0.39 is 9.84 Å². The van der Waals surface area contributed by atoms with Crippen molar-refractivity contribution in [1.29, 1.82) is 0 Å². The number of guanidine groups is 1. The van der Waals surface area contributed by atoms with Crippen LogP contribution in [-0.4, -0.2) is 31.9 Å². The molecule has 1 heterocycles. The molecule has 1 aliphatic heterocycles. The van der Waals surface area contributed by atoms with E-state index in [4.69, 9.17) is 5.73 Å². The van der Waals surface area contributed by atoms with Crippen LogP contribution in [0.5, 0.6) is 0 Å². The van der Waals surface area contributed by atoms with Gasteiger partial charge in [-0.1, -0.05) is 18.2 Å². The van der Waals surface area contributed by atoms with Gasteiger partial charge in [-0.05, 0) is 25.0 Å². The van der Waals surface area contributed by atoms with Crippen LogP contribution in [0.3, 0.4) is 0 Å². The monoisotopic (exact) mass is 395 g/mol. The number of para-hydroxylation sites is 1. The van der Waals surface area contributed by atoms with Crippen molar-refractivity contribution in [3.05, 3.63) is 30.3 Å². The number of halogens is 1. The quantitative estimate of drug-likeness (QED) is 0.463. The molecule has 5 nitrogen and oxygen atoms in total. The van der Waals surface area contributed by atoms with E-state index in [9.17, 15) is 8.42 Å². The fourth-order valence-electron chi connectivity index (χ4n) is 1.97. The molecular formula is C12H18IN3O2S. The zero-order valence-corrected chi connectivity index (χ0v) is 13.6. The van der Waals surface area contributed by atoms with Crippen LogP contribution in [0.15, 0.2) is 35.3 Å². The summed E-state index contributed by atoms with van der Waals surface area (Å²) in [5, 5.41) is 2.56. The van der Waals surface area contributed by atoms with Gasteiger partial charge in [0.2, 0.25) is 0 Å². The van der Waals surface area contributed by atoms with Crippen molar-refractivity contribution in [1.82, 2.24) is 0 Å². The number of hydrogen-bond donors (Lipinski definition) is 2. The summed E-state index contributed by atoms with van der Waals surface area (Å²) in [7, 11) is -2.95. The van der Waals surface area contributed by atoms with Crippen molar-refractivity contribution in [3.63, 3.8) is 0 Å². The molecule has 1 unspecified atom stereocenters. The zero-order valence-electron chi connectivity index (χ0n) is 10.5. The second-order valence-electron chi connectivity index (χ2n) is 4.35. The molecule has 19 heavy (non-hydrogen) atoms. The van der Waals surface area contributed by atoms with Crippen LogP contribution in [0, 0.1) is 0 Å². The summed E-state index contributed by atoms with van der Waals surface area (Å²) >= 11 is 0. The average molecular weight is 395 g/mol. The molecule has 106 valence electrons. The second-order valence-corrected chi connectivity index (χ2v) is 6.75. The van der Waals surface area contributed by atoms with Crippen molar-refractivity contribution >= 4 is 45.5 Å². The maximum atomic E-state index is 11.6. The molecule has 0 radical (unpaired) electrons. The smallest absolute Gasteiger partial charge is 0.193 e. The Bertz CT molecular complexity index is 531. The van der Waals surface area contributed by atoms with Gasteiger partial charge in [-0.2, -0.15) is 0 Å². The molecule has 1 aromatic rings. The summed E-state index contributed by atoms with van der Waals surface area (Å²) < 4.78 is 23.2. The van der Waals surface area contributed by atoms with E-state index in [2.05, 4.69) is 10.3 Å². The lowest BCUT2D eigenvalue weighted by Crippen LogP contribution is -2.26. The zero-order chi connectivity index (χ0) is 13.0. The third kappa shape index (κ3) is 4.64. The molecular weight excluding hydrogens is 377 g/mol. The Morgan fingerprint density at radius 1 is 1.37 bits per heavy atom. The Morgan fingerprint density at radius 3 is 2.63 bits per heavy atom. The third-order valence-corrected chi connectivity index (χ3v) is 5.23. The highest BCUT2D eigenvalue weighted by Gasteiger charge is 2.30. The van der Waals surface area contributed by atoms with Crippen LogP contribution in [0.4, 0.5) is 5.69 Å². The number of hydrogen-bond acceptors (Lipinski definition) is 3. The van der Waals surface area contributed by atoms with Gasteiger partial charge in [-0.3, -0.25) is 4.99 Å². The lowest BCUT2D eigenvalue weighted by molar-refractivity contribution is 0.590. The van der Waals surface area contributed by atoms with E-state index in [0.29, 0.717) is 6.42 Å². The Kier molecular flexibility index (Phi) is 6.05. The number of nitrogens with two attached hydrogens (primary N) is 1. The van der Waals surface area contributed by atoms with Gasteiger partial charge in [0.15, 0.2) is 15.8 Å². The van der Waals surface area contributed by atoms with E-state index in [-0.39, 0.29) is 47.5 Å². The molecule has 0 aliphatic carbocycles.